The zero-order chi connectivity index (χ0) is 20.2. The highest BCUT2D eigenvalue weighted by molar-refractivity contribution is 7.89. The summed E-state index contributed by atoms with van der Waals surface area (Å²) in [6, 6.07) is 6.74. The van der Waals surface area contributed by atoms with E-state index in [2.05, 4.69) is 10.3 Å². The highest BCUT2D eigenvalue weighted by Crippen LogP contribution is 2.21. The smallest absolute Gasteiger partial charge is 0.330 e. The van der Waals surface area contributed by atoms with Gasteiger partial charge in [-0.1, -0.05) is 18.2 Å². The number of carbonyl (C=O) groups is 2. The van der Waals surface area contributed by atoms with Crippen LogP contribution in [0.25, 0.3) is 0 Å². The van der Waals surface area contributed by atoms with E-state index < -0.39 is 34.5 Å². The molecule has 2 N–H and O–H groups in total. The number of hydrogen-bond acceptors (Lipinski definition) is 5. The molecule has 2 aromatic rings. The molecular weight excluding hydrogens is 370 g/mol. The van der Waals surface area contributed by atoms with Gasteiger partial charge in [0.15, 0.2) is 6.04 Å². The quantitative estimate of drug-likeness (QED) is 0.734. The first kappa shape index (κ1) is 20.5. The third kappa shape index (κ3) is 4.69. The molecule has 2 rings (SSSR count). The summed E-state index contributed by atoms with van der Waals surface area (Å²) >= 11 is 0. The van der Waals surface area contributed by atoms with Gasteiger partial charge in [0.25, 0.3) is 0 Å². The Balaban J connectivity index is 2.17. The van der Waals surface area contributed by atoms with Crippen molar-refractivity contribution in [2.24, 2.45) is 0 Å². The van der Waals surface area contributed by atoms with E-state index in [-0.39, 0.29) is 4.90 Å². The van der Waals surface area contributed by atoms with Gasteiger partial charge in [0.05, 0.1) is 6.54 Å². The van der Waals surface area contributed by atoms with E-state index in [0.29, 0.717) is 5.56 Å². The lowest BCUT2D eigenvalue weighted by atomic mass is 9.97. The number of carboxylic acids is 1. The van der Waals surface area contributed by atoms with E-state index in [0.717, 1.165) is 15.4 Å². The molecule has 8 nitrogen and oxygen atoms in total. The highest BCUT2D eigenvalue weighted by atomic mass is 32.2. The zero-order valence-electron chi connectivity index (χ0n) is 15.2. The van der Waals surface area contributed by atoms with Crippen molar-refractivity contribution in [3.8, 4) is 0 Å². The van der Waals surface area contributed by atoms with Crippen molar-refractivity contribution >= 4 is 21.9 Å². The number of hydrogen-bond donors (Lipinski definition) is 2. The Hall–Kier alpha value is -2.78. The first-order valence-corrected chi connectivity index (χ1v) is 9.53. The molecule has 27 heavy (non-hydrogen) atoms. The number of amides is 1. The van der Waals surface area contributed by atoms with Gasteiger partial charge in [0.1, 0.15) is 4.90 Å². The van der Waals surface area contributed by atoms with Crippen LogP contribution in [0.3, 0.4) is 0 Å². The fourth-order valence-corrected chi connectivity index (χ4v) is 3.62. The third-order valence-corrected chi connectivity index (χ3v) is 6.01. The maximum Gasteiger partial charge on any atom is 0.330 e. The molecular formula is C18H21N3O5S. The Morgan fingerprint density at radius 2 is 1.93 bits per heavy atom. The van der Waals surface area contributed by atoms with Crippen LogP contribution in [0.15, 0.2) is 47.6 Å². The topological polar surface area (TPSA) is 117 Å². The van der Waals surface area contributed by atoms with Crippen molar-refractivity contribution in [2.75, 3.05) is 13.6 Å². The van der Waals surface area contributed by atoms with Gasteiger partial charge in [-0.05, 0) is 42.7 Å². The molecule has 1 heterocycles. The maximum atomic E-state index is 12.4. The van der Waals surface area contributed by atoms with Crippen molar-refractivity contribution in [1.29, 1.82) is 0 Å². The molecule has 0 aliphatic rings. The minimum atomic E-state index is -3.91. The standard InChI is InChI=1S/C18H21N3O5S/c1-12-6-4-8-15(13(12)2)17(18(23)24)20-16(22)11-21(3)27(25,26)14-7-5-9-19-10-14/h4-10,17H,11H2,1-3H3,(H,20,22)(H,23,24). The first-order valence-electron chi connectivity index (χ1n) is 8.09. The molecule has 0 radical (unpaired) electrons. The summed E-state index contributed by atoms with van der Waals surface area (Å²) in [6.07, 6.45) is 2.62. The monoisotopic (exact) mass is 391 g/mol. The Bertz CT molecular complexity index is 945. The number of benzene rings is 1. The molecule has 0 aliphatic heterocycles. The predicted molar refractivity (Wildman–Crippen MR) is 98.5 cm³/mol. The van der Waals surface area contributed by atoms with Crippen molar-refractivity contribution in [2.45, 2.75) is 24.8 Å². The van der Waals surface area contributed by atoms with E-state index in [4.69, 9.17) is 0 Å². The van der Waals surface area contributed by atoms with Crippen LogP contribution in [0.2, 0.25) is 0 Å². The van der Waals surface area contributed by atoms with Gasteiger partial charge in [0.2, 0.25) is 15.9 Å². The number of likely N-dealkylation sites (N-methyl/N-ethyl adjacent to an activating group) is 1. The number of aromatic nitrogens is 1. The lowest BCUT2D eigenvalue weighted by molar-refractivity contribution is -0.142. The van der Waals surface area contributed by atoms with Crippen molar-refractivity contribution in [3.63, 3.8) is 0 Å². The molecule has 0 saturated carbocycles. The summed E-state index contributed by atoms with van der Waals surface area (Å²) < 4.78 is 25.7. The molecule has 0 fully saturated rings. The molecule has 0 bridgehead atoms. The molecule has 9 heteroatoms. The number of aliphatic carboxylic acids is 1. The molecule has 1 atom stereocenters. The minimum Gasteiger partial charge on any atom is -0.479 e. The minimum absolute atomic E-state index is 0.0513. The molecule has 0 spiro atoms. The van der Waals surface area contributed by atoms with Crippen LogP contribution >= 0.6 is 0 Å². The maximum absolute atomic E-state index is 12.4. The second-order valence-electron chi connectivity index (χ2n) is 6.08. The van der Waals surface area contributed by atoms with Gasteiger partial charge in [0, 0.05) is 19.4 Å². The SMILES string of the molecule is Cc1cccc(C(NC(=O)CN(C)S(=O)(=O)c2cccnc2)C(=O)O)c1C. The van der Waals surface area contributed by atoms with Gasteiger partial charge < -0.3 is 10.4 Å². The number of nitrogens with zero attached hydrogens (tertiary/aromatic N) is 2. The van der Waals surface area contributed by atoms with Gasteiger partial charge in [-0.15, -0.1) is 0 Å². The van der Waals surface area contributed by atoms with Gasteiger partial charge >= 0.3 is 5.97 Å². The van der Waals surface area contributed by atoms with Crippen molar-refractivity contribution in [1.82, 2.24) is 14.6 Å². The summed E-state index contributed by atoms with van der Waals surface area (Å²) in [4.78, 5) is 27.7. The first-order chi connectivity index (χ1) is 12.6. The van der Waals surface area contributed by atoms with Crippen LogP contribution in [0.5, 0.6) is 0 Å². The fraction of sp³-hybridized carbons (Fsp3) is 0.278. The van der Waals surface area contributed by atoms with E-state index in [1.54, 1.807) is 19.1 Å². The predicted octanol–water partition coefficient (Wildman–Crippen LogP) is 1.26. The molecule has 1 amide bonds. The lowest BCUT2D eigenvalue weighted by Gasteiger charge is -2.21. The zero-order valence-corrected chi connectivity index (χ0v) is 16.0. The van der Waals surface area contributed by atoms with Crippen LogP contribution < -0.4 is 5.32 Å². The van der Waals surface area contributed by atoms with E-state index in [9.17, 15) is 23.1 Å². The van der Waals surface area contributed by atoms with Crippen molar-refractivity contribution < 1.29 is 23.1 Å². The van der Waals surface area contributed by atoms with Gasteiger partial charge in [-0.2, -0.15) is 4.31 Å². The van der Waals surface area contributed by atoms with Crippen LogP contribution in [0.1, 0.15) is 22.7 Å². The fourth-order valence-electron chi connectivity index (χ4n) is 2.53. The van der Waals surface area contributed by atoms with Crippen LogP contribution in [0, 0.1) is 13.8 Å². The molecule has 1 aromatic heterocycles. The summed E-state index contributed by atoms with van der Waals surface area (Å²) in [5.74, 6) is -1.95. The third-order valence-electron chi connectivity index (χ3n) is 4.22. The average Bonchev–Trinajstić information content (AvgIpc) is 2.62. The number of nitrogens with one attached hydrogen (secondary N) is 1. The second kappa shape index (κ2) is 8.28. The molecule has 144 valence electrons. The van der Waals surface area contributed by atoms with Crippen molar-refractivity contribution in [3.05, 3.63) is 59.4 Å². The second-order valence-corrected chi connectivity index (χ2v) is 8.12. The largest absolute Gasteiger partial charge is 0.479 e. The Labute approximate surface area is 157 Å². The highest BCUT2D eigenvalue weighted by Gasteiger charge is 2.27. The van der Waals surface area contributed by atoms with Gasteiger partial charge in [-0.25, -0.2) is 13.2 Å². The number of sulfonamides is 1. The summed E-state index contributed by atoms with van der Waals surface area (Å²) in [7, 11) is -2.66. The number of rotatable bonds is 7. The summed E-state index contributed by atoms with van der Waals surface area (Å²) in [5.41, 5.74) is 2.10. The van der Waals surface area contributed by atoms with Crippen LogP contribution in [-0.4, -0.2) is 48.3 Å². The van der Waals surface area contributed by atoms with E-state index in [1.165, 1.54) is 31.6 Å². The molecule has 0 aliphatic carbocycles. The molecule has 1 unspecified atom stereocenters. The Kier molecular flexibility index (Phi) is 6.29. The average molecular weight is 391 g/mol. The summed E-state index contributed by atoms with van der Waals surface area (Å²) in [6.45, 7) is 3.09. The Morgan fingerprint density at radius 3 is 2.52 bits per heavy atom. The van der Waals surface area contributed by atoms with Crippen LogP contribution in [-0.2, 0) is 19.6 Å². The normalized spacial score (nSPS) is 12.6. The Morgan fingerprint density at radius 1 is 1.22 bits per heavy atom. The summed E-state index contributed by atoms with van der Waals surface area (Å²) in [5, 5.41) is 11.9. The number of carbonyl (C=O) groups excluding carboxylic acids is 1. The van der Waals surface area contributed by atoms with E-state index >= 15 is 0 Å². The number of carboxylic acid groups (broad SMARTS) is 1. The molecule has 0 saturated heterocycles. The molecule has 1 aromatic carbocycles. The lowest BCUT2D eigenvalue weighted by Crippen LogP contribution is -2.42. The number of aryl methyl sites for hydroxylation is 1. The van der Waals surface area contributed by atoms with Gasteiger partial charge in [-0.3, -0.25) is 9.78 Å². The van der Waals surface area contributed by atoms with Crippen LogP contribution in [0.4, 0.5) is 0 Å². The number of pyridine rings is 1. The van der Waals surface area contributed by atoms with E-state index in [1.807, 2.05) is 13.0 Å².